The summed E-state index contributed by atoms with van der Waals surface area (Å²) in [7, 11) is 11.9. The van der Waals surface area contributed by atoms with E-state index in [-0.39, 0.29) is 37.9 Å². The molecule has 2 aromatic rings. The number of ether oxygens (including phenoxy) is 1. The molecular weight excluding hydrogens is 622 g/mol. The summed E-state index contributed by atoms with van der Waals surface area (Å²) in [5.74, 6) is -0.173. The van der Waals surface area contributed by atoms with Gasteiger partial charge in [0.25, 0.3) is 5.91 Å². The summed E-state index contributed by atoms with van der Waals surface area (Å²) in [6, 6.07) is 9.83. The highest BCUT2D eigenvalue weighted by atomic mass is 32.1. The standard InChI is InChI=1S/C32H47N9O5S/c1-35-22(18-47)14-26(32(43)40(5)6)38-31(42)21-11-20(12-23(13-21)39(3)4)24-10-8-9-19(29(24)45-7)17-41-28(30(34)36-2)25(16-37-44)27(15-33)46-41/h8-13,18,25-28,35,47H,14-17,33H2,1-7H3,(H2,34,36)(H,38,42)/b22-18-. The molecule has 0 radical (unpaired) electrons. The van der Waals surface area contributed by atoms with E-state index in [1.165, 1.54) is 4.90 Å². The van der Waals surface area contributed by atoms with Crippen molar-refractivity contribution < 1.29 is 19.2 Å². The quantitative estimate of drug-likeness (QED) is 0.0813. The van der Waals surface area contributed by atoms with Crippen molar-refractivity contribution in [1.82, 2.24) is 20.6 Å². The molecule has 1 aliphatic rings. The van der Waals surface area contributed by atoms with Crippen molar-refractivity contribution >= 4 is 36.0 Å². The number of methoxy groups -OCH3 is 1. The maximum atomic E-state index is 13.7. The van der Waals surface area contributed by atoms with Gasteiger partial charge in [-0.2, -0.15) is 9.97 Å². The summed E-state index contributed by atoms with van der Waals surface area (Å²) in [5, 5.41) is 12.3. The number of rotatable bonds is 15. The number of aliphatic imine (C=N–C) groups is 1. The third kappa shape index (κ3) is 8.80. The monoisotopic (exact) mass is 669 g/mol. The number of hydrogen-bond acceptors (Lipinski definition) is 12. The Kier molecular flexibility index (Phi) is 13.6. The molecule has 4 unspecified atom stereocenters. The number of hydrogen-bond donors (Lipinski definition) is 5. The van der Waals surface area contributed by atoms with E-state index in [9.17, 15) is 14.5 Å². The van der Waals surface area contributed by atoms with Gasteiger partial charge in [0, 0.05) is 89.2 Å². The molecule has 15 heteroatoms. The Labute approximate surface area is 281 Å². The van der Waals surface area contributed by atoms with Crippen molar-refractivity contribution in [1.29, 1.82) is 0 Å². The molecule has 0 aliphatic carbocycles. The number of nitrogens with one attached hydrogen (secondary N) is 2. The van der Waals surface area contributed by atoms with Crippen LogP contribution in [0.5, 0.6) is 5.75 Å². The van der Waals surface area contributed by atoms with Crippen molar-refractivity contribution in [3.8, 4) is 16.9 Å². The molecule has 0 bridgehead atoms. The molecule has 1 aliphatic heterocycles. The number of benzene rings is 2. The van der Waals surface area contributed by atoms with Gasteiger partial charge in [0.05, 0.1) is 32.3 Å². The summed E-state index contributed by atoms with van der Waals surface area (Å²) in [5.41, 5.74) is 16.3. The second kappa shape index (κ2) is 17.1. The van der Waals surface area contributed by atoms with E-state index < -0.39 is 24.1 Å². The Hall–Kier alpha value is -4.18. The smallest absolute Gasteiger partial charge is 0.252 e. The number of hydroxylamine groups is 2. The third-order valence-corrected chi connectivity index (χ3v) is 8.43. The predicted octanol–water partition coefficient (Wildman–Crippen LogP) is 1.81. The zero-order chi connectivity index (χ0) is 34.8. The fourth-order valence-electron chi connectivity index (χ4n) is 5.58. The van der Waals surface area contributed by atoms with Gasteiger partial charge in [0.15, 0.2) is 0 Å². The fraction of sp³-hybridized carbons (Fsp3) is 0.469. The van der Waals surface area contributed by atoms with Crippen LogP contribution in [0.15, 0.2) is 57.7 Å². The van der Waals surface area contributed by atoms with Gasteiger partial charge in [-0.3, -0.25) is 19.4 Å². The first kappa shape index (κ1) is 37.3. The molecule has 6 N–H and O–H groups in total. The van der Waals surface area contributed by atoms with Crippen LogP contribution in [-0.2, 0) is 16.2 Å². The second-order valence-electron chi connectivity index (χ2n) is 11.6. The first-order chi connectivity index (χ1) is 22.4. The number of amides is 2. The van der Waals surface area contributed by atoms with Gasteiger partial charge in [-0.25, -0.2) is 0 Å². The number of nitrogens with zero attached hydrogens (tertiary/aromatic N) is 5. The summed E-state index contributed by atoms with van der Waals surface area (Å²) in [6.07, 6.45) is -0.235. The van der Waals surface area contributed by atoms with E-state index in [1.54, 1.807) is 57.9 Å². The topological polar surface area (TPSA) is 180 Å². The Morgan fingerprint density at radius 2 is 1.94 bits per heavy atom. The average Bonchev–Trinajstić information content (AvgIpc) is 3.41. The van der Waals surface area contributed by atoms with Gasteiger partial charge in [0.2, 0.25) is 5.91 Å². The lowest BCUT2D eigenvalue weighted by Gasteiger charge is -2.25. The molecule has 256 valence electrons. The summed E-state index contributed by atoms with van der Waals surface area (Å²) >= 11 is 4.22. The van der Waals surface area contributed by atoms with Crippen LogP contribution in [0.25, 0.3) is 11.1 Å². The molecule has 3 rings (SSSR count). The first-order valence-electron chi connectivity index (χ1n) is 15.1. The molecule has 14 nitrogen and oxygen atoms in total. The number of thiol groups is 1. The molecule has 2 amide bonds. The van der Waals surface area contributed by atoms with Gasteiger partial charge in [0.1, 0.15) is 17.6 Å². The Balaban J connectivity index is 2.06. The fourth-order valence-corrected chi connectivity index (χ4v) is 5.82. The Bertz CT molecular complexity index is 1480. The van der Waals surface area contributed by atoms with E-state index in [0.29, 0.717) is 22.8 Å². The Morgan fingerprint density at radius 1 is 1.21 bits per heavy atom. The summed E-state index contributed by atoms with van der Waals surface area (Å²) in [6.45, 7) is 0.387. The van der Waals surface area contributed by atoms with Gasteiger partial charge >= 0.3 is 0 Å². The van der Waals surface area contributed by atoms with Crippen LogP contribution in [0.4, 0.5) is 5.69 Å². The van der Waals surface area contributed by atoms with E-state index in [2.05, 4.69) is 33.4 Å². The third-order valence-electron chi connectivity index (χ3n) is 8.12. The van der Waals surface area contributed by atoms with Crippen LogP contribution >= 0.6 is 12.6 Å². The number of likely N-dealkylation sites (N-methyl/N-ethyl adjacent to an activating group) is 1. The zero-order valence-corrected chi connectivity index (χ0v) is 29.0. The summed E-state index contributed by atoms with van der Waals surface area (Å²) < 4.78 is 5.96. The van der Waals surface area contributed by atoms with Crippen molar-refractivity contribution in [3.63, 3.8) is 0 Å². The second-order valence-corrected chi connectivity index (χ2v) is 11.8. The SMILES string of the molecule is CN=C(N)C1C(CN=O)C(CN)ON1Cc1cccc(-c2cc(C(=O)NC(C/C(=C/S)NC)C(=O)N(C)C)cc(N(C)C)c2)c1OC. The van der Waals surface area contributed by atoms with Crippen LogP contribution in [0.1, 0.15) is 22.3 Å². The van der Waals surface area contributed by atoms with Crippen molar-refractivity contribution in [2.24, 2.45) is 27.6 Å². The number of nitrogens with two attached hydrogens (primary N) is 2. The molecule has 2 aromatic carbocycles. The Morgan fingerprint density at radius 3 is 2.49 bits per heavy atom. The highest BCUT2D eigenvalue weighted by molar-refractivity contribution is 7.83. The van der Waals surface area contributed by atoms with E-state index >= 15 is 0 Å². The van der Waals surface area contributed by atoms with Crippen molar-refractivity contribution in [2.45, 2.75) is 31.2 Å². The average molecular weight is 670 g/mol. The molecule has 1 saturated heterocycles. The number of amidine groups is 1. The molecule has 0 aromatic heterocycles. The number of para-hydroxylation sites is 1. The minimum Gasteiger partial charge on any atom is -0.496 e. The zero-order valence-electron chi connectivity index (χ0n) is 28.1. The van der Waals surface area contributed by atoms with Crippen LogP contribution in [0, 0.1) is 10.8 Å². The minimum absolute atomic E-state index is 0.0270. The highest BCUT2D eigenvalue weighted by Crippen LogP contribution is 2.38. The molecule has 0 spiro atoms. The van der Waals surface area contributed by atoms with E-state index in [0.717, 1.165) is 22.4 Å². The first-order valence-corrected chi connectivity index (χ1v) is 15.6. The normalized spacial score (nSPS) is 19.2. The van der Waals surface area contributed by atoms with Crippen molar-refractivity contribution in [3.05, 3.63) is 63.5 Å². The number of anilines is 1. The number of carbonyl (C=O) groups excluding carboxylic acids is 2. The van der Waals surface area contributed by atoms with Crippen LogP contribution in [0.2, 0.25) is 0 Å². The van der Waals surface area contributed by atoms with Crippen molar-refractivity contribution in [2.75, 3.05) is 67.4 Å². The summed E-state index contributed by atoms with van der Waals surface area (Å²) in [4.78, 5) is 51.7. The molecule has 4 atom stereocenters. The van der Waals surface area contributed by atoms with Crippen LogP contribution in [0.3, 0.4) is 0 Å². The van der Waals surface area contributed by atoms with Gasteiger partial charge in [-0.15, -0.1) is 12.6 Å². The van der Waals surface area contributed by atoms with Crippen LogP contribution in [-0.4, -0.2) is 108 Å². The van der Waals surface area contributed by atoms with Crippen LogP contribution < -0.4 is 31.7 Å². The van der Waals surface area contributed by atoms with Gasteiger partial charge in [-0.05, 0) is 29.2 Å². The number of nitroso groups, excluding NO2 is 1. The lowest BCUT2D eigenvalue weighted by Crippen LogP contribution is -2.47. The molecule has 1 fully saturated rings. The maximum Gasteiger partial charge on any atom is 0.252 e. The minimum atomic E-state index is -0.823. The van der Waals surface area contributed by atoms with E-state index in [1.807, 2.05) is 43.3 Å². The highest BCUT2D eigenvalue weighted by Gasteiger charge is 2.45. The van der Waals surface area contributed by atoms with Gasteiger partial charge < -0.3 is 36.6 Å². The predicted molar refractivity (Wildman–Crippen MR) is 188 cm³/mol. The molecule has 1 heterocycles. The molecular formula is C32H47N9O5S. The molecule has 47 heavy (non-hydrogen) atoms. The van der Waals surface area contributed by atoms with E-state index in [4.69, 9.17) is 21.0 Å². The number of carbonyl (C=O) groups is 2. The lowest BCUT2D eigenvalue weighted by atomic mass is 9.93. The maximum absolute atomic E-state index is 13.7. The van der Waals surface area contributed by atoms with Gasteiger partial charge in [-0.1, -0.05) is 23.4 Å². The molecule has 0 saturated carbocycles. The largest absolute Gasteiger partial charge is 0.496 e. The lowest BCUT2D eigenvalue weighted by molar-refractivity contribution is -0.158.